The molecule has 0 spiro atoms. The Morgan fingerprint density at radius 1 is 1.54 bits per heavy atom. The first-order valence-corrected chi connectivity index (χ1v) is 4.55. The molecule has 1 atom stereocenters. The van der Waals surface area contributed by atoms with Crippen molar-refractivity contribution in [1.82, 2.24) is 4.90 Å². The maximum Gasteiger partial charge on any atom is 0.152 e. The van der Waals surface area contributed by atoms with Crippen LogP contribution < -0.4 is 5.73 Å². The number of aliphatic imine (C=N–C) groups is 1. The predicted octanol–water partition coefficient (Wildman–Crippen LogP) is 1.24. The summed E-state index contributed by atoms with van der Waals surface area (Å²) in [6.07, 6.45) is 5.89. The monoisotopic (exact) mass is 177 g/mol. The summed E-state index contributed by atoms with van der Waals surface area (Å²) in [6, 6.07) is 0.381. The molecule has 3 nitrogen and oxygen atoms in total. The molecule has 0 amide bonds. The highest BCUT2D eigenvalue weighted by Gasteiger charge is 2.39. The summed E-state index contributed by atoms with van der Waals surface area (Å²) in [5.41, 5.74) is 6.57. The second-order valence-electron chi connectivity index (χ2n) is 4.14. The van der Waals surface area contributed by atoms with E-state index in [9.17, 15) is 0 Å². The van der Waals surface area contributed by atoms with Crippen molar-refractivity contribution < 1.29 is 0 Å². The van der Waals surface area contributed by atoms with Crippen LogP contribution in [0.2, 0.25) is 0 Å². The largest absolute Gasteiger partial charge is 0.396 e. The van der Waals surface area contributed by atoms with Gasteiger partial charge in [-0.2, -0.15) is 0 Å². The second kappa shape index (κ2) is 2.37. The zero-order chi connectivity index (χ0) is 9.64. The molecule has 0 aromatic rings. The highest BCUT2D eigenvalue weighted by atomic mass is 15.3. The van der Waals surface area contributed by atoms with Gasteiger partial charge in [0.1, 0.15) is 0 Å². The lowest BCUT2D eigenvalue weighted by Gasteiger charge is -2.28. The quantitative estimate of drug-likeness (QED) is 0.604. The Labute approximate surface area is 78.6 Å². The summed E-state index contributed by atoms with van der Waals surface area (Å²) < 4.78 is 0. The number of hydrogen-bond acceptors (Lipinski definition) is 3. The topological polar surface area (TPSA) is 41.6 Å². The fourth-order valence-corrected chi connectivity index (χ4v) is 1.68. The Morgan fingerprint density at radius 3 is 2.85 bits per heavy atom. The Balaban J connectivity index is 2.44. The van der Waals surface area contributed by atoms with E-state index in [0.717, 1.165) is 11.5 Å². The molecule has 2 aliphatic heterocycles. The van der Waals surface area contributed by atoms with Gasteiger partial charge in [-0.15, -0.1) is 0 Å². The third-order valence-electron chi connectivity index (χ3n) is 2.86. The minimum Gasteiger partial charge on any atom is -0.396 e. The van der Waals surface area contributed by atoms with Gasteiger partial charge < -0.3 is 10.6 Å². The Kier molecular flexibility index (Phi) is 1.53. The standard InChI is InChI=1S/C10H15N3/c1-7-10(2,3)12-9-8(11)5-4-6-13(7)9/h4-7H,11H2,1-3H3. The molecule has 13 heavy (non-hydrogen) atoms. The molecule has 1 unspecified atom stereocenters. The molecule has 0 fully saturated rings. The molecule has 2 N–H and O–H groups in total. The Morgan fingerprint density at radius 2 is 2.23 bits per heavy atom. The van der Waals surface area contributed by atoms with Crippen molar-refractivity contribution in [1.29, 1.82) is 0 Å². The van der Waals surface area contributed by atoms with Crippen molar-refractivity contribution >= 4 is 5.84 Å². The van der Waals surface area contributed by atoms with E-state index in [1.165, 1.54) is 0 Å². The van der Waals surface area contributed by atoms with Crippen LogP contribution in [0.3, 0.4) is 0 Å². The molecule has 0 aliphatic carbocycles. The lowest BCUT2D eigenvalue weighted by atomic mass is 9.98. The fourth-order valence-electron chi connectivity index (χ4n) is 1.68. The molecule has 2 heterocycles. The van der Waals surface area contributed by atoms with Crippen molar-refractivity contribution in [2.24, 2.45) is 10.7 Å². The Hall–Kier alpha value is -1.25. The van der Waals surface area contributed by atoms with E-state index in [2.05, 4.69) is 30.7 Å². The molecule has 3 heteroatoms. The van der Waals surface area contributed by atoms with Crippen molar-refractivity contribution in [2.45, 2.75) is 32.4 Å². The van der Waals surface area contributed by atoms with Gasteiger partial charge in [-0.05, 0) is 32.9 Å². The Bertz CT molecular complexity index is 323. The predicted molar refractivity (Wildman–Crippen MR) is 54.2 cm³/mol. The minimum absolute atomic E-state index is 0.0392. The number of amidine groups is 1. The third kappa shape index (κ3) is 1.07. The summed E-state index contributed by atoms with van der Waals surface area (Å²) >= 11 is 0. The van der Waals surface area contributed by atoms with Crippen molar-refractivity contribution in [3.8, 4) is 0 Å². The molecule has 0 saturated carbocycles. The highest BCUT2D eigenvalue weighted by Crippen LogP contribution is 2.30. The van der Waals surface area contributed by atoms with Crippen molar-refractivity contribution in [3.63, 3.8) is 0 Å². The van der Waals surface area contributed by atoms with Gasteiger partial charge in [-0.3, -0.25) is 4.99 Å². The van der Waals surface area contributed by atoms with Crippen molar-refractivity contribution in [3.05, 3.63) is 24.0 Å². The normalized spacial score (nSPS) is 29.8. The fraction of sp³-hybridized carbons (Fsp3) is 0.500. The van der Waals surface area contributed by atoms with Gasteiger partial charge in [0.15, 0.2) is 5.84 Å². The third-order valence-corrected chi connectivity index (χ3v) is 2.86. The van der Waals surface area contributed by atoms with Crippen LogP contribution in [0, 0.1) is 0 Å². The first-order valence-electron chi connectivity index (χ1n) is 4.55. The lowest BCUT2D eigenvalue weighted by Crippen LogP contribution is -2.40. The molecular formula is C10H15N3. The number of nitrogens with zero attached hydrogens (tertiary/aromatic N) is 2. The van der Waals surface area contributed by atoms with E-state index in [4.69, 9.17) is 5.73 Å². The van der Waals surface area contributed by atoms with Gasteiger partial charge >= 0.3 is 0 Å². The zero-order valence-electron chi connectivity index (χ0n) is 8.28. The number of nitrogens with two attached hydrogens (primary N) is 1. The van der Waals surface area contributed by atoms with E-state index in [-0.39, 0.29) is 5.54 Å². The average molecular weight is 177 g/mol. The maximum absolute atomic E-state index is 5.84. The average Bonchev–Trinajstić information content (AvgIpc) is 2.28. The first-order chi connectivity index (χ1) is 6.02. The van der Waals surface area contributed by atoms with Gasteiger partial charge in [0.25, 0.3) is 0 Å². The summed E-state index contributed by atoms with van der Waals surface area (Å²) in [5, 5.41) is 0. The maximum atomic E-state index is 5.84. The van der Waals surface area contributed by atoms with Crippen LogP contribution >= 0.6 is 0 Å². The van der Waals surface area contributed by atoms with Gasteiger partial charge in [0.2, 0.25) is 0 Å². The number of fused-ring (bicyclic) bond motifs is 1. The van der Waals surface area contributed by atoms with E-state index >= 15 is 0 Å². The van der Waals surface area contributed by atoms with Crippen molar-refractivity contribution in [2.75, 3.05) is 0 Å². The van der Waals surface area contributed by atoms with Crippen LogP contribution in [-0.4, -0.2) is 22.3 Å². The molecular weight excluding hydrogens is 162 g/mol. The SMILES string of the molecule is CC1N2C=CC=C(N)C2=NC1(C)C. The molecule has 70 valence electrons. The summed E-state index contributed by atoms with van der Waals surface area (Å²) in [6.45, 7) is 6.42. The number of rotatable bonds is 0. The van der Waals surface area contributed by atoms with E-state index in [1.807, 2.05) is 18.4 Å². The molecule has 2 rings (SSSR count). The molecule has 0 saturated heterocycles. The first kappa shape index (κ1) is 8.35. The minimum atomic E-state index is -0.0392. The lowest BCUT2D eigenvalue weighted by molar-refractivity contribution is 0.333. The zero-order valence-corrected chi connectivity index (χ0v) is 8.28. The number of hydrogen-bond donors (Lipinski definition) is 1. The van der Waals surface area contributed by atoms with E-state index in [0.29, 0.717) is 6.04 Å². The van der Waals surface area contributed by atoms with Gasteiger partial charge in [0, 0.05) is 6.20 Å². The van der Waals surface area contributed by atoms with Crippen LogP contribution in [0.5, 0.6) is 0 Å². The molecule has 0 aromatic heterocycles. The van der Waals surface area contributed by atoms with Crippen LogP contribution in [0.1, 0.15) is 20.8 Å². The molecule has 0 bridgehead atoms. The van der Waals surface area contributed by atoms with Crippen LogP contribution in [0.15, 0.2) is 29.0 Å². The van der Waals surface area contributed by atoms with Crippen LogP contribution in [0.25, 0.3) is 0 Å². The summed E-state index contributed by atoms with van der Waals surface area (Å²) in [4.78, 5) is 6.74. The molecule has 0 radical (unpaired) electrons. The number of allylic oxidation sites excluding steroid dienone is 2. The van der Waals surface area contributed by atoms with E-state index in [1.54, 1.807) is 0 Å². The smallest absolute Gasteiger partial charge is 0.152 e. The van der Waals surface area contributed by atoms with E-state index < -0.39 is 0 Å². The van der Waals surface area contributed by atoms with Crippen LogP contribution in [0.4, 0.5) is 0 Å². The second-order valence-corrected chi connectivity index (χ2v) is 4.14. The summed E-state index contributed by atoms with van der Waals surface area (Å²) in [5.74, 6) is 0.917. The molecule has 0 aromatic carbocycles. The van der Waals surface area contributed by atoms with Gasteiger partial charge in [-0.1, -0.05) is 0 Å². The van der Waals surface area contributed by atoms with Gasteiger partial charge in [-0.25, -0.2) is 0 Å². The summed E-state index contributed by atoms with van der Waals surface area (Å²) in [7, 11) is 0. The van der Waals surface area contributed by atoms with Gasteiger partial charge in [0.05, 0.1) is 17.3 Å². The highest BCUT2D eigenvalue weighted by molar-refractivity contribution is 6.01. The van der Waals surface area contributed by atoms with Crippen LogP contribution in [-0.2, 0) is 0 Å². The molecule has 2 aliphatic rings.